The van der Waals surface area contributed by atoms with Gasteiger partial charge in [0, 0.05) is 23.1 Å². The molecule has 3 rings (SSSR count). The lowest BCUT2D eigenvalue weighted by Crippen LogP contribution is -2.50. The molecule has 0 spiro atoms. The molecule has 0 aliphatic carbocycles. The molecule has 0 unspecified atom stereocenters. The Balaban J connectivity index is 2.02. The number of sulfonamides is 1. The van der Waals surface area contributed by atoms with Crippen LogP contribution in [0.2, 0.25) is 5.02 Å². The lowest BCUT2D eigenvalue weighted by molar-refractivity contribution is -0.139. The number of benzene rings is 3. The molecule has 0 radical (unpaired) electrons. The average Bonchev–Trinajstić information content (AvgIpc) is 2.90. The van der Waals surface area contributed by atoms with Crippen LogP contribution in [0.3, 0.4) is 0 Å². The van der Waals surface area contributed by atoms with Gasteiger partial charge in [-0.3, -0.25) is 13.9 Å². The minimum absolute atomic E-state index is 0.0279. The second kappa shape index (κ2) is 12.4. The first-order valence-electron chi connectivity index (χ1n) is 11.2. The summed E-state index contributed by atoms with van der Waals surface area (Å²) in [5.41, 5.74) is 0.993. The lowest BCUT2D eigenvalue weighted by atomic mass is 10.1. The van der Waals surface area contributed by atoms with Crippen LogP contribution in [0.15, 0.2) is 82.2 Å². The number of carbonyl (C=O) groups excluding carboxylic acids is 2. The van der Waals surface area contributed by atoms with Crippen molar-refractivity contribution in [2.24, 2.45) is 0 Å². The first-order valence-corrected chi connectivity index (χ1v) is 13.9. The van der Waals surface area contributed by atoms with Crippen LogP contribution in [-0.4, -0.2) is 51.9 Å². The van der Waals surface area contributed by atoms with E-state index >= 15 is 0 Å². The number of carbonyl (C=O) groups is 2. The monoisotopic (exact) mass is 607 g/mol. The summed E-state index contributed by atoms with van der Waals surface area (Å²) < 4.78 is 34.5. The molecule has 3 aromatic rings. The third kappa shape index (κ3) is 7.03. The molecular weight excluding hydrogens is 582 g/mol. The molecule has 0 aliphatic heterocycles. The van der Waals surface area contributed by atoms with Gasteiger partial charge in [0.15, 0.2) is 0 Å². The fourth-order valence-corrected chi connectivity index (χ4v) is 5.47. The van der Waals surface area contributed by atoms with Crippen LogP contribution in [0.25, 0.3) is 0 Å². The van der Waals surface area contributed by atoms with Gasteiger partial charge in [-0.1, -0.05) is 45.7 Å². The molecule has 0 saturated heterocycles. The topological polar surface area (TPSA) is 96.0 Å². The van der Waals surface area contributed by atoms with E-state index in [0.29, 0.717) is 10.8 Å². The van der Waals surface area contributed by atoms with Gasteiger partial charge in [0.25, 0.3) is 10.0 Å². The van der Waals surface area contributed by atoms with Gasteiger partial charge in [-0.2, -0.15) is 0 Å². The molecule has 1 N–H and O–H groups in total. The number of rotatable bonds is 10. The SMILES string of the molecule is CNC(=O)[C@H](C)N(Cc1ccc(Br)cc1)C(=O)CN(c1cccc(Cl)c1)S(=O)(=O)c1ccc(OC)cc1. The second-order valence-electron chi connectivity index (χ2n) is 8.11. The van der Waals surface area contributed by atoms with Crippen LogP contribution >= 0.6 is 27.5 Å². The van der Waals surface area contributed by atoms with Crippen molar-refractivity contribution in [1.29, 1.82) is 0 Å². The standard InChI is InChI=1S/C26H27BrClN3O5S/c1-18(26(33)29-2)30(16-19-7-9-20(27)10-8-19)25(32)17-31(22-6-4-5-21(28)15-22)37(34,35)24-13-11-23(36-3)12-14-24/h4-15,18H,16-17H2,1-3H3,(H,29,33)/t18-/m0/s1. The number of methoxy groups -OCH3 is 1. The third-order valence-corrected chi connectivity index (χ3v) is 8.25. The third-order valence-electron chi connectivity index (χ3n) is 5.70. The molecule has 0 saturated carbocycles. The van der Waals surface area contributed by atoms with Gasteiger partial charge in [0.05, 0.1) is 17.7 Å². The molecule has 0 heterocycles. The minimum atomic E-state index is -4.19. The fraction of sp³-hybridized carbons (Fsp3) is 0.231. The highest BCUT2D eigenvalue weighted by atomic mass is 79.9. The van der Waals surface area contributed by atoms with Crippen LogP contribution < -0.4 is 14.4 Å². The summed E-state index contributed by atoms with van der Waals surface area (Å²) >= 11 is 9.55. The Morgan fingerprint density at radius 2 is 1.70 bits per heavy atom. The van der Waals surface area contributed by atoms with Crippen molar-refractivity contribution >= 4 is 55.1 Å². The van der Waals surface area contributed by atoms with Crippen molar-refractivity contribution in [3.05, 3.63) is 87.9 Å². The number of ether oxygens (including phenoxy) is 1. The van der Waals surface area contributed by atoms with Crippen molar-refractivity contribution in [3.8, 4) is 5.75 Å². The Morgan fingerprint density at radius 1 is 1.05 bits per heavy atom. The molecule has 8 nitrogen and oxygen atoms in total. The first kappa shape index (κ1) is 28.5. The van der Waals surface area contributed by atoms with Crippen LogP contribution in [-0.2, 0) is 26.2 Å². The first-order chi connectivity index (χ1) is 17.6. The van der Waals surface area contributed by atoms with Gasteiger partial charge in [-0.15, -0.1) is 0 Å². The number of nitrogens with one attached hydrogen (secondary N) is 1. The van der Waals surface area contributed by atoms with Crippen molar-refractivity contribution in [1.82, 2.24) is 10.2 Å². The minimum Gasteiger partial charge on any atom is -0.497 e. The predicted molar refractivity (Wildman–Crippen MR) is 147 cm³/mol. The Labute approximate surface area is 230 Å². The summed E-state index contributed by atoms with van der Waals surface area (Å²) in [6, 6.07) is 18.5. The summed E-state index contributed by atoms with van der Waals surface area (Å²) in [4.78, 5) is 27.5. The molecule has 11 heteroatoms. The van der Waals surface area contributed by atoms with E-state index < -0.39 is 28.5 Å². The maximum atomic E-state index is 13.7. The normalized spacial score (nSPS) is 11.9. The molecule has 2 amide bonds. The van der Waals surface area contributed by atoms with Crippen LogP contribution in [0.5, 0.6) is 5.75 Å². The maximum absolute atomic E-state index is 13.7. The number of anilines is 1. The van der Waals surface area contributed by atoms with E-state index in [9.17, 15) is 18.0 Å². The van der Waals surface area contributed by atoms with Gasteiger partial charge in [-0.05, 0) is 67.1 Å². The Morgan fingerprint density at radius 3 is 2.27 bits per heavy atom. The van der Waals surface area contributed by atoms with Crippen LogP contribution in [0, 0.1) is 0 Å². The number of hydrogen-bond donors (Lipinski definition) is 1. The molecule has 0 aromatic heterocycles. The van der Waals surface area contributed by atoms with Crippen molar-refractivity contribution in [2.45, 2.75) is 24.4 Å². The van der Waals surface area contributed by atoms with E-state index in [-0.39, 0.29) is 23.0 Å². The molecule has 0 bridgehead atoms. The average molecular weight is 609 g/mol. The predicted octanol–water partition coefficient (Wildman–Crippen LogP) is 4.47. The quantitative estimate of drug-likeness (QED) is 0.367. The highest BCUT2D eigenvalue weighted by molar-refractivity contribution is 9.10. The lowest BCUT2D eigenvalue weighted by Gasteiger charge is -2.31. The number of halogens is 2. The van der Waals surface area contributed by atoms with Crippen LogP contribution in [0.1, 0.15) is 12.5 Å². The fourth-order valence-electron chi connectivity index (χ4n) is 3.61. The molecular formula is C26H27BrClN3O5S. The number of hydrogen-bond acceptors (Lipinski definition) is 5. The van der Waals surface area contributed by atoms with E-state index in [4.69, 9.17) is 16.3 Å². The highest BCUT2D eigenvalue weighted by Gasteiger charge is 2.32. The smallest absolute Gasteiger partial charge is 0.264 e. The van der Waals surface area contributed by atoms with Crippen molar-refractivity contribution in [2.75, 3.05) is 25.0 Å². The Bertz CT molecular complexity index is 1350. The zero-order valence-electron chi connectivity index (χ0n) is 20.5. The number of nitrogens with zero attached hydrogens (tertiary/aromatic N) is 2. The zero-order chi connectivity index (χ0) is 27.2. The molecule has 37 heavy (non-hydrogen) atoms. The zero-order valence-corrected chi connectivity index (χ0v) is 23.7. The van der Waals surface area contributed by atoms with Gasteiger partial charge in [0.2, 0.25) is 11.8 Å². The molecule has 196 valence electrons. The summed E-state index contributed by atoms with van der Waals surface area (Å²) in [6.45, 7) is 1.15. The second-order valence-corrected chi connectivity index (χ2v) is 11.3. The summed E-state index contributed by atoms with van der Waals surface area (Å²) in [5.74, 6) is -0.446. The maximum Gasteiger partial charge on any atom is 0.264 e. The van der Waals surface area contributed by atoms with E-state index in [1.54, 1.807) is 25.1 Å². The van der Waals surface area contributed by atoms with E-state index in [1.807, 2.05) is 24.3 Å². The van der Waals surface area contributed by atoms with Crippen molar-refractivity contribution < 1.29 is 22.7 Å². The molecule has 1 atom stereocenters. The highest BCUT2D eigenvalue weighted by Crippen LogP contribution is 2.28. The van der Waals surface area contributed by atoms with Crippen molar-refractivity contribution in [3.63, 3.8) is 0 Å². The largest absolute Gasteiger partial charge is 0.497 e. The van der Waals surface area contributed by atoms with Gasteiger partial charge in [-0.25, -0.2) is 8.42 Å². The number of amides is 2. The Kier molecular flexibility index (Phi) is 9.58. The Hall–Kier alpha value is -3.08. The van der Waals surface area contributed by atoms with Gasteiger partial charge in [0.1, 0.15) is 18.3 Å². The van der Waals surface area contributed by atoms with Gasteiger partial charge >= 0.3 is 0 Å². The van der Waals surface area contributed by atoms with E-state index in [2.05, 4.69) is 21.2 Å². The van der Waals surface area contributed by atoms with E-state index in [1.165, 1.54) is 49.4 Å². The summed E-state index contributed by atoms with van der Waals surface area (Å²) in [5, 5.41) is 2.86. The van der Waals surface area contributed by atoms with Crippen LogP contribution in [0.4, 0.5) is 5.69 Å². The molecule has 0 aliphatic rings. The summed E-state index contributed by atoms with van der Waals surface area (Å²) in [7, 11) is -1.23. The molecule has 3 aromatic carbocycles. The number of likely N-dealkylation sites (N-methyl/N-ethyl adjacent to an activating group) is 1. The van der Waals surface area contributed by atoms with Gasteiger partial charge < -0.3 is 15.0 Å². The molecule has 0 fully saturated rings. The summed E-state index contributed by atoms with van der Waals surface area (Å²) in [6.07, 6.45) is 0. The van der Waals surface area contributed by atoms with E-state index in [0.717, 1.165) is 14.3 Å².